The third kappa shape index (κ3) is 3.96. The number of furan rings is 2. The molecule has 0 fully saturated rings. The summed E-state index contributed by atoms with van der Waals surface area (Å²) in [6.45, 7) is 3.03. The van der Waals surface area contributed by atoms with Gasteiger partial charge >= 0.3 is 0 Å². The first-order chi connectivity index (χ1) is 17.3. The zero-order chi connectivity index (χ0) is 23.7. The fourth-order valence-corrected chi connectivity index (χ4v) is 6.55. The molecule has 2 bridgehead atoms. The zero-order valence-electron chi connectivity index (χ0n) is 20.9. The number of ether oxygens (including phenoxy) is 1. The summed E-state index contributed by atoms with van der Waals surface area (Å²) >= 11 is 0. The van der Waals surface area contributed by atoms with Gasteiger partial charge in [0, 0.05) is 40.8 Å². The van der Waals surface area contributed by atoms with E-state index in [0.717, 1.165) is 25.2 Å². The van der Waals surface area contributed by atoms with Crippen LogP contribution in [0.2, 0.25) is 0 Å². The van der Waals surface area contributed by atoms with E-state index in [1.165, 1.54) is 60.1 Å². The average molecular weight is 504 g/mol. The number of pyridine rings is 1. The summed E-state index contributed by atoms with van der Waals surface area (Å²) in [7, 11) is 0. The molecule has 36 heavy (non-hydrogen) atoms. The van der Waals surface area contributed by atoms with Crippen molar-refractivity contribution in [1.82, 2.24) is 0 Å². The van der Waals surface area contributed by atoms with Gasteiger partial charge in [0.1, 0.15) is 5.75 Å². The second-order valence-electron chi connectivity index (χ2n) is 10.1. The van der Waals surface area contributed by atoms with Crippen LogP contribution in [-0.4, -0.2) is 6.61 Å². The lowest BCUT2D eigenvalue weighted by atomic mass is 9.54. The predicted molar refractivity (Wildman–Crippen MR) is 135 cm³/mol. The van der Waals surface area contributed by atoms with Crippen molar-refractivity contribution in [3.63, 3.8) is 0 Å². The minimum Gasteiger partial charge on any atom is -1.00 e. The Hall–Kier alpha value is -2.98. The number of fused-ring (bicyclic) bond motifs is 1. The van der Waals surface area contributed by atoms with Crippen molar-refractivity contribution in [1.29, 1.82) is 0 Å². The van der Waals surface area contributed by atoms with Gasteiger partial charge in [0.25, 0.3) is 0 Å². The predicted octanol–water partition coefficient (Wildman–Crippen LogP) is 4.33. The highest BCUT2D eigenvalue weighted by Crippen LogP contribution is 2.61. The summed E-state index contributed by atoms with van der Waals surface area (Å²) in [5.41, 5.74) is 6.12. The Bertz CT molecular complexity index is 1230. The van der Waals surface area contributed by atoms with Gasteiger partial charge < -0.3 is 26.0 Å². The average Bonchev–Trinajstić information content (AvgIpc) is 3.64. The normalized spacial score (nSPS) is 18.8. The van der Waals surface area contributed by atoms with Crippen molar-refractivity contribution in [2.24, 2.45) is 0 Å². The van der Waals surface area contributed by atoms with Gasteiger partial charge in [-0.1, -0.05) is 57.2 Å². The van der Waals surface area contributed by atoms with E-state index in [4.69, 9.17) is 13.6 Å². The molecule has 2 atom stereocenters. The molecule has 0 spiro atoms. The Balaban J connectivity index is 0.00000267. The Kier molecular flexibility index (Phi) is 7.25. The smallest absolute Gasteiger partial charge is 0.190 e. The van der Waals surface area contributed by atoms with E-state index in [2.05, 4.69) is 66.2 Å². The van der Waals surface area contributed by atoms with E-state index in [1.807, 2.05) is 12.5 Å². The van der Waals surface area contributed by atoms with Crippen LogP contribution >= 0.6 is 0 Å². The molecule has 0 saturated heterocycles. The first kappa shape index (κ1) is 24.7. The van der Waals surface area contributed by atoms with Crippen LogP contribution in [0.3, 0.4) is 0 Å². The van der Waals surface area contributed by atoms with E-state index < -0.39 is 0 Å². The number of rotatable bonds is 10. The van der Waals surface area contributed by atoms with Gasteiger partial charge in [0.05, 0.1) is 43.0 Å². The van der Waals surface area contributed by atoms with Gasteiger partial charge in [-0.25, -0.2) is 0 Å². The lowest BCUT2D eigenvalue weighted by Gasteiger charge is -2.48. The first-order valence-electron chi connectivity index (χ1n) is 13.2. The summed E-state index contributed by atoms with van der Waals surface area (Å²) in [4.78, 5) is 0. The van der Waals surface area contributed by atoms with E-state index >= 15 is 0 Å². The molecule has 7 rings (SSSR count). The first-order valence-corrected chi connectivity index (χ1v) is 13.2. The minimum atomic E-state index is -0.279. The number of unbranched alkanes of at least 4 members (excludes halogenated alkanes) is 5. The molecular formula is C31H34ClNO3. The number of benzene rings is 1. The van der Waals surface area contributed by atoms with Gasteiger partial charge in [-0.15, -0.1) is 0 Å². The van der Waals surface area contributed by atoms with Crippen molar-refractivity contribution in [2.75, 3.05) is 6.61 Å². The quantitative estimate of drug-likeness (QED) is 0.239. The Morgan fingerprint density at radius 3 is 2.36 bits per heavy atom. The van der Waals surface area contributed by atoms with Gasteiger partial charge in [0.2, 0.25) is 0 Å². The van der Waals surface area contributed by atoms with E-state index in [-0.39, 0.29) is 29.8 Å². The molecule has 1 aromatic carbocycles. The third-order valence-electron chi connectivity index (χ3n) is 8.14. The SMILES string of the molecule is CCCCCCCCOc1cccc2c1C1c3cccc[n+]3C2CC1(c1ccoc1)c1ccoc1.[Cl-]. The molecular weight excluding hydrogens is 470 g/mol. The number of aromatic nitrogens is 1. The van der Waals surface area contributed by atoms with Crippen LogP contribution in [0.25, 0.3) is 0 Å². The summed E-state index contributed by atoms with van der Waals surface area (Å²) in [6, 6.07) is 17.7. The standard InChI is InChI=1S/C31H34NO3.ClH/c1-2-3-4-5-6-9-17-35-28-13-10-11-25-27-20-31(23-14-18-33-21-23,24-15-19-34-22-24)30(29(25)28)26-12-7-8-16-32(26)27;/h7-8,10-16,18-19,21-22,27,30H,2-6,9,17,20H2,1H3;1H/q+1;/p-1. The summed E-state index contributed by atoms with van der Waals surface area (Å²) in [5.74, 6) is 1.12. The molecule has 2 aliphatic heterocycles. The molecule has 2 unspecified atom stereocenters. The molecule has 0 saturated carbocycles. The third-order valence-corrected chi connectivity index (χ3v) is 8.14. The van der Waals surface area contributed by atoms with Gasteiger partial charge in [-0.05, 0) is 24.6 Å². The Labute approximate surface area is 219 Å². The van der Waals surface area contributed by atoms with Crippen molar-refractivity contribution < 1.29 is 30.5 Å². The number of hydrogen-bond donors (Lipinski definition) is 0. The largest absolute Gasteiger partial charge is 1.00 e. The maximum Gasteiger partial charge on any atom is 0.190 e. The molecule has 1 aliphatic carbocycles. The zero-order valence-corrected chi connectivity index (χ0v) is 21.6. The number of hydrogen-bond acceptors (Lipinski definition) is 3. The number of halogens is 1. The lowest BCUT2D eigenvalue weighted by Crippen LogP contribution is -3.00. The molecule has 0 amide bonds. The van der Waals surface area contributed by atoms with Crippen LogP contribution in [0.5, 0.6) is 5.75 Å². The maximum atomic E-state index is 6.55. The molecule has 0 N–H and O–H groups in total. The lowest BCUT2D eigenvalue weighted by molar-refractivity contribution is -0.732. The van der Waals surface area contributed by atoms with E-state index in [9.17, 15) is 0 Å². The molecule has 3 aliphatic rings. The van der Waals surface area contributed by atoms with Crippen LogP contribution in [0.15, 0.2) is 88.6 Å². The van der Waals surface area contributed by atoms with Crippen LogP contribution in [0.4, 0.5) is 0 Å². The van der Waals surface area contributed by atoms with E-state index in [0.29, 0.717) is 0 Å². The maximum absolute atomic E-state index is 6.55. The van der Waals surface area contributed by atoms with Gasteiger partial charge in [-0.3, -0.25) is 0 Å². The fourth-order valence-electron chi connectivity index (χ4n) is 6.55. The van der Waals surface area contributed by atoms with Gasteiger partial charge in [0.15, 0.2) is 17.9 Å². The highest BCUT2D eigenvalue weighted by atomic mass is 35.5. The van der Waals surface area contributed by atoms with Crippen molar-refractivity contribution in [3.8, 4) is 5.75 Å². The second-order valence-corrected chi connectivity index (χ2v) is 10.1. The van der Waals surface area contributed by atoms with Crippen LogP contribution in [0, 0.1) is 0 Å². The van der Waals surface area contributed by atoms with Crippen LogP contribution < -0.4 is 21.7 Å². The van der Waals surface area contributed by atoms with Crippen LogP contribution in [-0.2, 0) is 5.41 Å². The van der Waals surface area contributed by atoms with Crippen LogP contribution in [0.1, 0.15) is 91.8 Å². The fraction of sp³-hybridized carbons (Fsp3) is 0.387. The molecule has 188 valence electrons. The topological polar surface area (TPSA) is 39.4 Å². The molecule has 4 nitrogen and oxygen atoms in total. The molecule has 0 radical (unpaired) electrons. The molecule has 3 aromatic heterocycles. The molecule has 5 heterocycles. The summed E-state index contributed by atoms with van der Waals surface area (Å²) in [5, 5.41) is 0. The van der Waals surface area contributed by atoms with Crippen molar-refractivity contribution in [2.45, 2.75) is 69.2 Å². The number of nitrogens with zero attached hydrogens (tertiary/aromatic N) is 1. The minimum absolute atomic E-state index is 0. The highest BCUT2D eigenvalue weighted by Gasteiger charge is 2.61. The summed E-state index contributed by atoms with van der Waals surface area (Å²) in [6.07, 6.45) is 18.2. The summed E-state index contributed by atoms with van der Waals surface area (Å²) < 4.78 is 20.3. The van der Waals surface area contributed by atoms with Crippen molar-refractivity contribution in [3.05, 3.63) is 108 Å². The van der Waals surface area contributed by atoms with Gasteiger partial charge in [-0.2, -0.15) is 4.57 Å². The molecule has 4 aromatic rings. The van der Waals surface area contributed by atoms with Crippen molar-refractivity contribution >= 4 is 0 Å². The highest BCUT2D eigenvalue weighted by molar-refractivity contribution is 5.58. The Morgan fingerprint density at radius 1 is 0.889 bits per heavy atom. The Morgan fingerprint density at radius 2 is 1.64 bits per heavy atom. The monoisotopic (exact) mass is 503 g/mol. The van der Waals surface area contributed by atoms with E-state index in [1.54, 1.807) is 12.5 Å². The molecule has 5 heteroatoms. The second kappa shape index (κ2) is 10.6.